The Morgan fingerprint density at radius 1 is 1.41 bits per heavy atom. The van der Waals surface area contributed by atoms with Crippen LogP contribution in [-0.4, -0.2) is 44.1 Å². The molecule has 0 heterocycles. The second-order valence-corrected chi connectivity index (χ2v) is 5.93. The molecule has 0 spiro atoms. The van der Waals surface area contributed by atoms with Crippen molar-refractivity contribution in [1.29, 1.82) is 0 Å². The second-order valence-electron chi connectivity index (χ2n) is 5.93. The summed E-state index contributed by atoms with van der Waals surface area (Å²) in [5.41, 5.74) is 6.65. The zero-order valence-corrected chi connectivity index (χ0v) is 14.1. The molecule has 5 heteroatoms. The van der Waals surface area contributed by atoms with Gasteiger partial charge in [-0.15, -0.1) is 0 Å². The van der Waals surface area contributed by atoms with E-state index in [0.29, 0.717) is 12.3 Å². The number of benzene rings is 1. The van der Waals surface area contributed by atoms with Crippen LogP contribution in [-0.2, 0) is 4.79 Å². The molecule has 5 nitrogen and oxygen atoms in total. The van der Waals surface area contributed by atoms with Crippen LogP contribution in [0, 0.1) is 5.92 Å². The summed E-state index contributed by atoms with van der Waals surface area (Å²) in [6.07, 6.45) is 1.84. The highest BCUT2D eigenvalue weighted by Gasteiger charge is 2.19. The number of nitrogens with two attached hydrogens (primary N) is 1. The van der Waals surface area contributed by atoms with E-state index in [4.69, 9.17) is 10.5 Å². The number of hydrogen-bond donors (Lipinski definition) is 2. The standard InChI is InChI=1S/C17H29N3O2/c1-5-13(2)16(18)17(21)19-14-8-6-9-15(12-14)22-11-7-10-20(3)4/h6,8-9,12-13,16H,5,7,10-11,18H2,1-4H3,(H,19,21). The predicted octanol–water partition coefficient (Wildman–Crippen LogP) is 2.33. The molecule has 0 aliphatic rings. The quantitative estimate of drug-likeness (QED) is 0.687. The number of carbonyl (C=O) groups excluding carboxylic acids is 1. The topological polar surface area (TPSA) is 67.6 Å². The van der Waals surface area contributed by atoms with E-state index in [2.05, 4.69) is 10.2 Å². The second kappa shape index (κ2) is 9.43. The van der Waals surface area contributed by atoms with Crippen molar-refractivity contribution < 1.29 is 9.53 Å². The molecule has 2 atom stereocenters. The summed E-state index contributed by atoms with van der Waals surface area (Å²) < 4.78 is 5.70. The molecule has 124 valence electrons. The van der Waals surface area contributed by atoms with Crippen LogP contribution in [0.3, 0.4) is 0 Å². The van der Waals surface area contributed by atoms with Crippen molar-refractivity contribution >= 4 is 11.6 Å². The van der Waals surface area contributed by atoms with Crippen LogP contribution in [0.5, 0.6) is 5.75 Å². The first-order chi connectivity index (χ1) is 10.4. The maximum absolute atomic E-state index is 12.1. The van der Waals surface area contributed by atoms with Gasteiger partial charge in [-0.05, 0) is 38.6 Å². The van der Waals surface area contributed by atoms with Crippen LogP contribution < -0.4 is 15.8 Å². The van der Waals surface area contributed by atoms with E-state index in [1.807, 2.05) is 52.2 Å². The Bertz CT molecular complexity index is 463. The highest BCUT2D eigenvalue weighted by molar-refractivity contribution is 5.95. The highest BCUT2D eigenvalue weighted by Crippen LogP contribution is 2.18. The lowest BCUT2D eigenvalue weighted by molar-refractivity contribution is -0.118. The third-order valence-electron chi connectivity index (χ3n) is 3.68. The van der Waals surface area contributed by atoms with Gasteiger partial charge in [0, 0.05) is 18.3 Å². The molecule has 22 heavy (non-hydrogen) atoms. The highest BCUT2D eigenvalue weighted by atomic mass is 16.5. The van der Waals surface area contributed by atoms with Crippen molar-refractivity contribution in [3.8, 4) is 5.75 Å². The van der Waals surface area contributed by atoms with Gasteiger partial charge < -0.3 is 20.7 Å². The van der Waals surface area contributed by atoms with Crippen LogP contribution >= 0.6 is 0 Å². The summed E-state index contributed by atoms with van der Waals surface area (Å²) in [5.74, 6) is 0.762. The summed E-state index contributed by atoms with van der Waals surface area (Å²) in [6.45, 7) is 5.65. The van der Waals surface area contributed by atoms with Crippen LogP contribution in [0.1, 0.15) is 26.7 Å². The van der Waals surface area contributed by atoms with Gasteiger partial charge in [0.15, 0.2) is 0 Å². The van der Waals surface area contributed by atoms with Gasteiger partial charge in [0.25, 0.3) is 0 Å². The number of rotatable bonds is 9. The van der Waals surface area contributed by atoms with Gasteiger partial charge in [-0.2, -0.15) is 0 Å². The van der Waals surface area contributed by atoms with Gasteiger partial charge in [-0.1, -0.05) is 26.3 Å². The fourth-order valence-electron chi connectivity index (χ4n) is 1.97. The third kappa shape index (κ3) is 6.45. The summed E-state index contributed by atoms with van der Waals surface area (Å²) in [7, 11) is 4.08. The molecule has 0 aliphatic heterocycles. The van der Waals surface area contributed by atoms with Crippen molar-refractivity contribution in [2.24, 2.45) is 11.7 Å². The lowest BCUT2D eigenvalue weighted by Gasteiger charge is -2.18. The first kappa shape index (κ1) is 18.5. The third-order valence-corrected chi connectivity index (χ3v) is 3.68. The monoisotopic (exact) mass is 307 g/mol. The Hall–Kier alpha value is -1.59. The maximum Gasteiger partial charge on any atom is 0.241 e. The van der Waals surface area contributed by atoms with Gasteiger partial charge in [-0.3, -0.25) is 4.79 Å². The molecule has 1 amide bonds. The minimum absolute atomic E-state index is 0.154. The van der Waals surface area contributed by atoms with Gasteiger partial charge in [-0.25, -0.2) is 0 Å². The smallest absolute Gasteiger partial charge is 0.241 e. The van der Waals surface area contributed by atoms with Gasteiger partial charge in [0.05, 0.1) is 12.6 Å². The number of ether oxygens (including phenoxy) is 1. The van der Waals surface area contributed by atoms with E-state index in [-0.39, 0.29) is 11.8 Å². The molecule has 0 aliphatic carbocycles. The van der Waals surface area contributed by atoms with Crippen molar-refractivity contribution in [2.75, 3.05) is 32.6 Å². The molecule has 2 unspecified atom stereocenters. The first-order valence-electron chi connectivity index (χ1n) is 7.88. The van der Waals surface area contributed by atoms with Crippen molar-refractivity contribution in [3.63, 3.8) is 0 Å². The molecular formula is C17H29N3O2. The van der Waals surface area contributed by atoms with Gasteiger partial charge in [0.1, 0.15) is 5.75 Å². The molecule has 0 saturated carbocycles. The van der Waals surface area contributed by atoms with Crippen molar-refractivity contribution in [3.05, 3.63) is 24.3 Å². The summed E-state index contributed by atoms with van der Waals surface area (Å²) in [4.78, 5) is 14.2. The number of hydrogen-bond acceptors (Lipinski definition) is 4. The van der Waals surface area contributed by atoms with Crippen LogP contribution in [0.25, 0.3) is 0 Å². The molecule has 1 rings (SSSR count). The van der Waals surface area contributed by atoms with E-state index >= 15 is 0 Å². The largest absolute Gasteiger partial charge is 0.493 e. The minimum Gasteiger partial charge on any atom is -0.493 e. The molecule has 3 N–H and O–H groups in total. The molecule has 0 fully saturated rings. The maximum atomic E-state index is 12.1. The minimum atomic E-state index is -0.491. The van der Waals surface area contributed by atoms with Crippen molar-refractivity contribution in [1.82, 2.24) is 4.90 Å². The van der Waals surface area contributed by atoms with E-state index < -0.39 is 6.04 Å². The molecular weight excluding hydrogens is 278 g/mol. The normalized spacial score (nSPS) is 13.7. The molecule has 1 aromatic rings. The zero-order valence-electron chi connectivity index (χ0n) is 14.1. The summed E-state index contributed by atoms with van der Waals surface area (Å²) in [6, 6.07) is 6.94. The molecule has 0 radical (unpaired) electrons. The number of carbonyl (C=O) groups is 1. The predicted molar refractivity (Wildman–Crippen MR) is 91.2 cm³/mol. The Morgan fingerprint density at radius 2 is 2.14 bits per heavy atom. The molecule has 0 aromatic heterocycles. The van der Waals surface area contributed by atoms with Crippen LogP contribution in [0.4, 0.5) is 5.69 Å². The zero-order chi connectivity index (χ0) is 16.5. The van der Waals surface area contributed by atoms with Crippen LogP contribution in [0.2, 0.25) is 0 Å². The number of amides is 1. The van der Waals surface area contributed by atoms with E-state index in [1.54, 1.807) is 0 Å². The van der Waals surface area contributed by atoms with Gasteiger partial charge >= 0.3 is 0 Å². The van der Waals surface area contributed by atoms with E-state index in [1.165, 1.54) is 0 Å². The average Bonchev–Trinajstić information content (AvgIpc) is 2.50. The Morgan fingerprint density at radius 3 is 2.77 bits per heavy atom. The average molecular weight is 307 g/mol. The fourth-order valence-corrected chi connectivity index (χ4v) is 1.97. The Kier molecular flexibility index (Phi) is 7.91. The SMILES string of the molecule is CCC(C)C(N)C(=O)Nc1cccc(OCCCN(C)C)c1. The van der Waals surface area contributed by atoms with Crippen molar-refractivity contribution in [2.45, 2.75) is 32.7 Å². The number of anilines is 1. The molecule has 1 aromatic carbocycles. The van der Waals surface area contributed by atoms with Crippen LogP contribution in [0.15, 0.2) is 24.3 Å². The summed E-state index contributed by atoms with van der Waals surface area (Å²) in [5, 5.41) is 2.85. The first-order valence-corrected chi connectivity index (χ1v) is 7.88. The molecule has 0 bridgehead atoms. The summed E-state index contributed by atoms with van der Waals surface area (Å²) >= 11 is 0. The van der Waals surface area contributed by atoms with Gasteiger partial charge in [0.2, 0.25) is 5.91 Å². The Labute approximate surface area is 133 Å². The number of nitrogens with one attached hydrogen (secondary N) is 1. The fraction of sp³-hybridized carbons (Fsp3) is 0.588. The lowest BCUT2D eigenvalue weighted by atomic mass is 9.99. The molecule has 0 saturated heterocycles. The lowest BCUT2D eigenvalue weighted by Crippen LogP contribution is -2.40. The number of nitrogens with zero attached hydrogens (tertiary/aromatic N) is 1. The Balaban J connectivity index is 2.51. The van der Waals surface area contributed by atoms with E-state index in [9.17, 15) is 4.79 Å². The van der Waals surface area contributed by atoms with E-state index in [0.717, 1.165) is 25.1 Å².